The average molecular weight is 202 g/mol. The fourth-order valence-corrected chi connectivity index (χ4v) is 0.893. The summed E-state index contributed by atoms with van der Waals surface area (Å²) in [5.74, 6) is -0.598. The molecule has 1 aromatic rings. The molecule has 0 atom stereocenters. The minimum absolute atomic E-state index is 0.0435. The van der Waals surface area contributed by atoms with Crippen LogP contribution in [0.1, 0.15) is 24.0 Å². The van der Waals surface area contributed by atoms with Gasteiger partial charge in [0.2, 0.25) is 5.88 Å². The number of carbonyl (C=O) groups excluding carboxylic acids is 1. The topological polar surface area (TPSA) is 99.7 Å². The van der Waals surface area contributed by atoms with Crippen LogP contribution in [-0.2, 0) is 4.79 Å². The predicted octanol–water partition coefficient (Wildman–Crippen LogP) is 0.454. The van der Waals surface area contributed by atoms with Crippen LogP contribution in [0.25, 0.3) is 0 Å². The van der Waals surface area contributed by atoms with Gasteiger partial charge in [-0.15, -0.1) is 0 Å². The fourth-order valence-electron chi connectivity index (χ4n) is 0.893. The van der Waals surface area contributed by atoms with Gasteiger partial charge in [-0.1, -0.05) is 0 Å². The molecule has 0 bridgehead atoms. The van der Waals surface area contributed by atoms with E-state index in [1.807, 2.05) is 0 Å². The summed E-state index contributed by atoms with van der Waals surface area (Å²) < 4.78 is 4.71. The number of carbonyl (C=O) groups is 1. The number of rotatable bonds is 1. The van der Waals surface area contributed by atoms with E-state index in [4.69, 9.17) is 15.3 Å². The normalized spacial score (nSPS) is 8.80. The number of aromatic nitrogens is 2. The van der Waals surface area contributed by atoms with Gasteiger partial charge >= 0.3 is 5.97 Å². The van der Waals surface area contributed by atoms with E-state index in [2.05, 4.69) is 9.97 Å². The average Bonchev–Trinajstić information content (AvgIpc) is 2.19. The molecule has 74 valence electrons. The van der Waals surface area contributed by atoms with Crippen LogP contribution in [-0.4, -0.2) is 15.9 Å². The molecule has 0 aromatic carbocycles. The standard InChI is InChI=1S/C9H6N4O2/c1-5-9(15-6(2)14)13-8(4-11)7(3-10)12-5/h1-2H3. The van der Waals surface area contributed by atoms with E-state index in [9.17, 15) is 4.79 Å². The molecule has 0 unspecified atom stereocenters. The maximum Gasteiger partial charge on any atom is 0.309 e. The molecule has 6 heteroatoms. The van der Waals surface area contributed by atoms with E-state index >= 15 is 0 Å². The van der Waals surface area contributed by atoms with Crippen LogP contribution < -0.4 is 4.74 Å². The van der Waals surface area contributed by atoms with Gasteiger partial charge in [0.25, 0.3) is 0 Å². The van der Waals surface area contributed by atoms with Crippen molar-refractivity contribution in [3.63, 3.8) is 0 Å². The molecule has 0 N–H and O–H groups in total. The fraction of sp³-hybridized carbons (Fsp3) is 0.222. The minimum Gasteiger partial charge on any atom is -0.406 e. The van der Waals surface area contributed by atoms with Crippen LogP contribution in [0.5, 0.6) is 5.88 Å². The number of hydrogen-bond donors (Lipinski definition) is 0. The first-order chi connectivity index (χ1) is 7.08. The smallest absolute Gasteiger partial charge is 0.309 e. The Morgan fingerprint density at radius 2 is 1.80 bits per heavy atom. The molecule has 15 heavy (non-hydrogen) atoms. The molecule has 0 aliphatic heterocycles. The largest absolute Gasteiger partial charge is 0.406 e. The summed E-state index contributed by atoms with van der Waals surface area (Å²) in [4.78, 5) is 18.2. The zero-order valence-corrected chi connectivity index (χ0v) is 8.11. The first-order valence-corrected chi connectivity index (χ1v) is 3.95. The van der Waals surface area contributed by atoms with E-state index < -0.39 is 5.97 Å². The third-order valence-electron chi connectivity index (χ3n) is 1.48. The summed E-state index contributed by atoms with van der Waals surface area (Å²) in [5, 5.41) is 17.3. The van der Waals surface area contributed by atoms with Crippen LogP contribution in [0.2, 0.25) is 0 Å². The van der Waals surface area contributed by atoms with Crippen LogP contribution in [0.15, 0.2) is 0 Å². The Bertz CT molecular complexity index is 496. The van der Waals surface area contributed by atoms with E-state index in [1.54, 1.807) is 12.1 Å². The summed E-state index contributed by atoms with van der Waals surface area (Å²) >= 11 is 0. The Morgan fingerprint density at radius 1 is 1.27 bits per heavy atom. The monoisotopic (exact) mass is 202 g/mol. The number of hydrogen-bond acceptors (Lipinski definition) is 6. The zero-order valence-electron chi connectivity index (χ0n) is 8.11. The third-order valence-corrected chi connectivity index (χ3v) is 1.48. The van der Waals surface area contributed by atoms with Gasteiger partial charge in [0, 0.05) is 6.92 Å². The van der Waals surface area contributed by atoms with Crippen molar-refractivity contribution >= 4 is 5.97 Å². The van der Waals surface area contributed by atoms with Crippen molar-refractivity contribution in [3.05, 3.63) is 17.1 Å². The summed E-state index contributed by atoms with van der Waals surface area (Å²) in [6.07, 6.45) is 0. The van der Waals surface area contributed by atoms with Gasteiger partial charge in [0.05, 0.1) is 0 Å². The predicted molar refractivity (Wildman–Crippen MR) is 47.5 cm³/mol. The molecule has 0 saturated heterocycles. The Morgan fingerprint density at radius 3 is 2.27 bits per heavy atom. The van der Waals surface area contributed by atoms with Gasteiger partial charge in [-0.05, 0) is 6.92 Å². The van der Waals surface area contributed by atoms with Gasteiger partial charge in [0.1, 0.15) is 17.8 Å². The molecule has 0 fully saturated rings. The zero-order chi connectivity index (χ0) is 11.4. The number of ether oxygens (including phenoxy) is 1. The van der Waals surface area contributed by atoms with Crippen molar-refractivity contribution in [1.82, 2.24) is 9.97 Å². The Labute approximate surface area is 85.8 Å². The SMILES string of the molecule is CC(=O)Oc1nc(C#N)c(C#N)nc1C. The van der Waals surface area contributed by atoms with Crippen LogP contribution in [0.4, 0.5) is 0 Å². The second-order valence-corrected chi connectivity index (χ2v) is 2.63. The maximum atomic E-state index is 10.7. The summed E-state index contributed by atoms with van der Waals surface area (Å²) in [5.41, 5.74) is 0.0611. The maximum absolute atomic E-state index is 10.7. The van der Waals surface area contributed by atoms with Crippen molar-refractivity contribution < 1.29 is 9.53 Å². The van der Waals surface area contributed by atoms with Gasteiger partial charge in [-0.25, -0.2) is 4.98 Å². The Kier molecular flexibility index (Phi) is 2.94. The highest BCUT2D eigenvalue weighted by Crippen LogP contribution is 2.14. The Balaban J connectivity index is 3.29. The molecule has 1 aromatic heterocycles. The molecule has 0 amide bonds. The van der Waals surface area contributed by atoms with Crippen molar-refractivity contribution in [2.75, 3.05) is 0 Å². The first-order valence-electron chi connectivity index (χ1n) is 3.95. The molecule has 0 aliphatic carbocycles. The lowest BCUT2D eigenvalue weighted by atomic mass is 10.3. The molecule has 1 rings (SSSR count). The summed E-state index contributed by atoms with van der Waals surface area (Å²) in [6.45, 7) is 2.75. The number of esters is 1. The quantitative estimate of drug-likeness (QED) is 0.613. The molecule has 0 radical (unpaired) electrons. The molecule has 0 aliphatic rings. The Hall–Kier alpha value is -2.47. The van der Waals surface area contributed by atoms with Gasteiger partial charge in [-0.3, -0.25) is 4.79 Å². The third kappa shape index (κ3) is 2.26. The summed E-state index contributed by atoms with van der Waals surface area (Å²) in [7, 11) is 0. The number of aryl methyl sites for hydroxylation is 1. The van der Waals surface area contributed by atoms with Crippen molar-refractivity contribution in [1.29, 1.82) is 10.5 Å². The lowest BCUT2D eigenvalue weighted by Crippen LogP contribution is -2.08. The first kappa shape index (κ1) is 10.6. The highest BCUT2D eigenvalue weighted by Gasteiger charge is 2.12. The molecule has 0 spiro atoms. The van der Waals surface area contributed by atoms with E-state index in [-0.39, 0.29) is 17.3 Å². The number of nitriles is 2. The molecular weight excluding hydrogens is 196 g/mol. The van der Waals surface area contributed by atoms with E-state index in [0.29, 0.717) is 5.69 Å². The number of nitrogens with zero attached hydrogens (tertiary/aromatic N) is 4. The second kappa shape index (κ2) is 4.16. The van der Waals surface area contributed by atoms with Crippen LogP contribution in [0.3, 0.4) is 0 Å². The minimum atomic E-state index is -0.555. The van der Waals surface area contributed by atoms with Gasteiger partial charge in [0.15, 0.2) is 11.4 Å². The molecule has 0 saturated carbocycles. The summed E-state index contributed by atoms with van der Waals surface area (Å²) in [6, 6.07) is 3.43. The highest BCUT2D eigenvalue weighted by molar-refractivity contribution is 5.69. The lowest BCUT2D eigenvalue weighted by Gasteiger charge is -2.03. The van der Waals surface area contributed by atoms with Gasteiger partial charge < -0.3 is 4.74 Å². The second-order valence-electron chi connectivity index (χ2n) is 2.63. The molecule has 6 nitrogen and oxygen atoms in total. The molecule has 1 heterocycles. The van der Waals surface area contributed by atoms with Crippen molar-refractivity contribution in [2.45, 2.75) is 13.8 Å². The van der Waals surface area contributed by atoms with Crippen molar-refractivity contribution in [3.8, 4) is 18.0 Å². The highest BCUT2D eigenvalue weighted by atomic mass is 16.5. The lowest BCUT2D eigenvalue weighted by molar-refractivity contribution is -0.132. The van der Waals surface area contributed by atoms with Crippen LogP contribution >= 0.6 is 0 Å². The van der Waals surface area contributed by atoms with E-state index in [0.717, 1.165) is 0 Å². The molecular formula is C9H6N4O2. The van der Waals surface area contributed by atoms with Crippen molar-refractivity contribution in [2.24, 2.45) is 0 Å². The van der Waals surface area contributed by atoms with E-state index in [1.165, 1.54) is 13.8 Å². The van der Waals surface area contributed by atoms with Crippen LogP contribution in [0, 0.1) is 29.6 Å². The van der Waals surface area contributed by atoms with Gasteiger partial charge in [-0.2, -0.15) is 15.5 Å².